The summed E-state index contributed by atoms with van der Waals surface area (Å²) in [7, 11) is -2.73. The van der Waals surface area contributed by atoms with Crippen LogP contribution in [0.25, 0.3) is 22.1 Å². The van der Waals surface area contributed by atoms with Crippen LogP contribution in [0.3, 0.4) is 0 Å². The van der Waals surface area contributed by atoms with Gasteiger partial charge in [0.15, 0.2) is 0 Å². The molecule has 11 heteroatoms. The van der Waals surface area contributed by atoms with Crippen molar-refractivity contribution in [2.45, 2.75) is 9.79 Å². The molecular formula is C21H15FN6O3S. The number of aryl methyl sites for hydroxylation is 1. The Kier molecular flexibility index (Phi) is 4.48. The molecule has 0 bridgehead atoms. The van der Waals surface area contributed by atoms with Gasteiger partial charge in [0.25, 0.3) is 5.56 Å². The number of anilines is 2. The molecular weight excluding hydrogens is 435 g/mol. The molecule has 0 spiro atoms. The number of halogens is 1. The summed E-state index contributed by atoms with van der Waals surface area (Å²) in [5, 5.41) is 4.29. The summed E-state index contributed by atoms with van der Waals surface area (Å²) in [6.07, 6.45) is 4.82. The van der Waals surface area contributed by atoms with Gasteiger partial charge in [0.1, 0.15) is 22.0 Å². The molecule has 2 N–H and O–H groups in total. The number of benzene rings is 1. The summed E-state index contributed by atoms with van der Waals surface area (Å²) < 4.78 is 40.3. The van der Waals surface area contributed by atoms with Crippen LogP contribution in [0.1, 0.15) is 0 Å². The summed E-state index contributed by atoms with van der Waals surface area (Å²) in [5.41, 5.74) is 0.896. The van der Waals surface area contributed by atoms with Gasteiger partial charge in [-0.15, -0.1) is 0 Å². The van der Waals surface area contributed by atoms with Crippen molar-refractivity contribution >= 4 is 43.5 Å². The minimum Gasteiger partial charge on any atom is -0.346 e. The van der Waals surface area contributed by atoms with Crippen LogP contribution in [0.5, 0.6) is 0 Å². The summed E-state index contributed by atoms with van der Waals surface area (Å²) >= 11 is 0. The van der Waals surface area contributed by atoms with E-state index in [2.05, 4.69) is 25.3 Å². The van der Waals surface area contributed by atoms with E-state index < -0.39 is 26.1 Å². The number of nitrogens with zero attached hydrogens (tertiary/aromatic N) is 4. The molecule has 4 heterocycles. The summed E-state index contributed by atoms with van der Waals surface area (Å²) in [6, 6.07) is 9.26. The monoisotopic (exact) mass is 450 g/mol. The van der Waals surface area contributed by atoms with E-state index in [1.165, 1.54) is 19.3 Å². The second kappa shape index (κ2) is 7.24. The maximum atomic E-state index is 13.2. The van der Waals surface area contributed by atoms with E-state index in [4.69, 9.17) is 0 Å². The van der Waals surface area contributed by atoms with Crippen molar-refractivity contribution in [3.8, 4) is 0 Å². The quantitative estimate of drug-likeness (QED) is 0.404. The van der Waals surface area contributed by atoms with Crippen LogP contribution in [-0.4, -0.2) is 32.9 Å². The van der Waals surface area contributed by atoms with E-state index in [1.807, 2.05) is 12.1 Å². The highest BCUT2D eigenvalue weighted by Crippen LogP contribution is 2.23. The van der Waals surface area contributed by atoms with Crippen LogP contribution in [0, 0.1) is 5.82 Å². The Bertz CT molecular complexity index is 1660. The fourth-order valence-corrected chi connectivity index (χ4v) is 4.75. The molecule has 4 aromatic heterocycles. The van der Waals surface area contributed by atoms with E-state index in [0.29, 0.717) is 11.1 Å². The van der Waals surface area contributed by atoms with Crippen molar-refractivity contribution in [1.82, 2.24) is 24.5 Å². The zero-order valence-electron chi connectivity index (χ0n) is 16.6. The van der Waals surface area contributed by atoms with Gasteiger partial charge in [0.05, 0.1) is 16.8 Å². The van der Waals surface area contributed by atoms with Crippen molar-refractivity contribution in [3.05, 3.63) is 77.2 Å². The molecule has 5 aromatic rings. The molecule has 0 amide bonds. The number of fused-ring (bicyclic) bond motifs is 2. The summed E-state index contributed by atoms with van der Waals surface area (Å²) in [6.45, 7) is 0. The Morgan fingerprint density at radius 1 is 1.03 bits per heavy atom. The number of sulfone groups is 1. The van der Waals surface area contributed by atoms with Crippen LogP contribution in [0.2, 0.25) is 0 Å². The zero-order valence-corrected chi connectivity index (χ0v) is 17.4. The number of nitrogens with one attached hydrogen (secondary N) is 2. The molecule has 0 atom stereocenters. The highest BCUT2D eigenvalue weighted by molar-refractivity contribution is 7.91. The van der Waals surface area contributed by atoms with E-state index >= 15 is 0 Å². The normalized spacial score (nSPS) is 11.8. The third-order valence-corrected chi connectivity index (χ3v) is 6.75. The van der Waals surface area contributed by atoms with Crippen LogP contribution in [0.15, 0.2) is 75.6 Å². The Balaban J connectivity index is 1.57. The van der Waals surface area contributed by atoms with Gasteiger partial charge in [-0.3, -0.25) is 9.36 Å². The fourth-order valence-electron chi connectivity index (χ4n) is 3.35. The molecule has 0 saturated heterocycles. The maximum absolute atomic E-state index is 13.2. The van der Waals surface area contributed by atoms with Crippen LogP contribution < -0.4 is 10.9 Å². The molecule has 5 rings (SSSR count). The lowest BCUT2D eigenvalue weighted by Crippen LogP contribution is -2.25. The van der Waals surface area contributed by atoms with Gasteiger partial charge in [-0.25, -0.2) is 22.8 Å². The number of rotatable bonds is 4. The van der Waals surface area contributed by atoms with Gasteiger partial charge in [-0.2, -0.15) is 4.98 Å². The molecule has 160 valence electrons. The standard InChI is InChI=1S/C21H15FN6O3S/c1-28-19-13(9-17(20(28)29)32(30,31)16-4-2-14(22)3-5-16)10-25-21(27-19)26-15-8-12-6-7-23-18(12)24-11-15/h2-11H,1H3,(H,23,24)(H,25,26,27). The minimum atomic E-state index is -4.16. The first-order valence-corrected chi connectivity index (χ1v) is 10.9. The first kappa shape index (κ1) is 19.8. The molecule has 0 radical (unpaired) electrons. The molecule has 0 aliphatic carbocycles. The lowest BCUT2D eigenvalue weighted by Gasteiger charge is -2.11. The number of H-pyrrole nitrogens is 1. The highest BCUT2D eigenvalue weighted by atomic mass is 32.2. The first-order valence-electron chi connectivity index (χ1n) is 9.40. The number of hydrogen-bond acceptors (Lipinski definition) is 7. The molecule has 0 aliphatic rings. The average Bonchev–Trinajstić information content (AvgIpc) is 3.24. The van der Waals surface area contributed by atoms with Crippen molar-refractivity contribution in [1.29, 1.82) is 0 Å². The molecule has 9 nitrogen and oxygen atoms in total. The summed E-state index contributed by atoms with van der Waals surface area (Å²) in [4.78, 5) is 28.1. The first-order chi connectivity index (χ1) is 15.3. The second-order valence-electron chi connectivity index (χ2n) is 7.07. The average molecular weight is 450 g/mol. The van der Waals surface area contributed by atoms with E-state index in [-0.39, 0.29) is 16.5 Å². The van der Waals surface area contributed by atoms with Crippen LogP contribution in [0.4, 0.5) is 16.0 Å². The Hall–Kier alpha value is -4.12. The molecule has 0 aliphatic heterocycles. The molecule has 0 saturated carbocycles. The van der Waals surface area contributed by atoms with Gasteiger partial charge < -0.3 is 10.3 Å². The molecule has 0 fully saturated rings. The smallest absolute Gasteiger partial charge is 0.271 e. The lowest BCUT2D eigenvalue weighted by molar-refractivity contribution is 0.592. The molecule has 1 aromatic carbocycles. The topological polar surface area (TPSA) is 123 Å². The van der Waals surface area contributed by atoms with E-state index in [9.17, 15) is 17.6 Å². The molecule has 32 heavy (non-hydrogen) atoms. The van der Waals surface area contributed by atoms with E-state index in [0.717, 1.165) is 39.9 Å². The second-order valence-corrected chi connectivity index (χ2v) is 8.99. The Morgan fingerprint density at radius 2 is 1.81 bits per heavy atom. The van der Waals surface area contributed by atoms with E-state index in [1.54, 1.807) is 12.4 Å². The predicted molar refractivity (Wildman–Crippen MR) is 116 cm³/mol. The third kappa shape index (κ3) is 3.28. The lowest BCUT2D eigenvalue weighted by atomic mass is 10.3. The van der Waals surface area contributed by atoms with Crippen molar-refractivity contribution in [2.24, 2.45) is 7.05 Å². The SMILES string of the molecule is Cn1c(=O)c(S(=O)(=O)c2ccc(F)cc2)cc2cnc(Nc3cnc4[nH]ccc4c3)nc21. The van der Waals surface area contributed by atoms with Gasteiger partial charge in [-0.1, -0.05) is 0 Å². The van der Waals surface area contributed by atoms with Gasteiger partial charge in [-0.05, 0) is 42.5 Å². The predicted octanol–water partition coefficient (Wildman–Crippen LogP) is 2.92. The highest BCUT2D eigenvalue weighted by Gasteiger charge is 2.24. The van der Waals surface area contributed by atoms with Gasteiger partial charge in [0, 0.05) is 30.2 Å². The Morgan fingerprint density at radius 3 is 2.59 bits per heavy atom. The van der Waals surface area contributed by atoms with Crippen molar-refractivity contribution < 1.29 is 12.8 Å². The summed E-state index contributed by atoms with van der Waals surface area (Å²) in [5.74, 6) is -0.354. The largest absolute Gasteiger partial charge is 0.346 e. The number of aromatic nitrogens is 5. The van der Waals surface area contributed by atoms with Gasteiger partial charge >= 0.3 is 0 Å². The number of aromatic amines is 1. The number of hydrogen-bond donors (Lipinski definition) is 2. The van der Waals surface area contributed by atoms with Crippen LogP contribution in [-0.2, 0) is 16.9 Å². The Labute approximate surface area is 180 Å². The minimum absolute atomic E-state index is 0.179. The third-order valence-electron chi connectivity index (χ3n) is 4.99. The van der Waals surface area contributed by atoms with Crippen LogP contribution >= 0.6 is 0 Å². The zero-order chi connectivity index (χ0) is 22.5. The van der Waals surface area contributed by atoms with Crippen molar-refractivity contribution in [2.75, 3.05) is 5.32 Å². The fraction of sp³-hybridized carbons (Fsp3) is 0.0476. The van der Waals surface area contributed by atoms with Gasteiger partial charge in [0.2, 0.25) is 15.8 Å². The number of pyridine rings is 2. The molecule has 0 unspecified atom stereocenters. The maximum Gasteiger partial charge on any atom is 0.271 e. The van der Waals surface area contributed by atoms with Crippen molar-refractivity contribution in [3.63, 3.8) is 0 Å².